The zero-order chi connectivity index (χ0) is 8.55. The van der Waals surface area contributed by atoms with Crippen LogP contribution in [0.2, 0.25) is 0 Å². The minimum absolute atomic E-state index is 0.624. The van der Waals surface area contributed by atoms with Gasteiger partial charge >= 0.3 is 0 Å². The van der Waals surface area contributed by atoms with Crippen LogP contribution in [-0.4, -0.2) is 16.2 Å². The fraction of sp³-hybridized carbons (Fsp3) is 0.250. The molecular weight excluding hydrogens is 172 g/mol. The van der Waals surface area contributed by atoms with Crippen molar-refractivity contribution in [3.05, 3.63) is 17.8 Å². The first-order chi connectivity index (χ1) is 5.81. The van der Waals surface area contributed by atoms with Gasteiger partial charge in [-0.05, 0) is 24.8 Å². The van der Waals surface area contributed by atoms with Gasteiger partial charge < -0.3 is 4.42 Å². The Hall–Kier alpha value is -1.03. The van der Waals surface area contributed by atoms with E-state index in [2.05, 4.69) is 9.97 Å². The molecule has 0 aromatic carbocycles. The maximum absolute atomic E-state index is 5.34. The number of fused-ring (bicyclic) bond motifs is 1. The monoisotopic (exact) mass is 180 g/mol. The minimum atomic E-state index is 0.624. The lowest BCUT2D eigenvalue weighted by molar-refractivity contribution is 0.482. The van der Waals surface area contributed by atoms with Gasteiger partial charge in [0.1, 0.15) is 5.52 Å². The van der Waals surface area contributed by atoms with Gasteiger partial charge in [-0.2, -0.15) is 0 Å². The van der Waals surface area contributed by atoms with Crippen molar-refractivity contribution in [2.45, 2.75) is 12.1 Å². The first kappa shape index (κ1) is 7.61. The average molecular weight is 180 g/mol. The lowest BCUT2D eigenvalue weighted by Gasteiger charge is -1.87. The van der Waals surface area contributed by atoms with Crippen molar-refractivity contribution >= 4 is 23.0 Å². The molecule has 0 atom stereocenters. The highest BCUT2D eigenvalue weighted by Crippen LogP contribution is 2.21. The van der Waals surface area contributed by atoms with Crippen LogP contribution >= 0.6 is 11.8 Å². The summed E-state index contributed by atoms with van der Waals surface area (Å²) >= 11 is 1.49. The third kappa shape index (κ3) is 1.08. The molecule has 0 saturated heterocycles. The molecule has 0 fully saturated rings. The van der Waals surface area contributed by atoms with Gasteiger partial charge in [0.15, 0.2) is 0 Å². The summed E-state index contributed by atoms with van der Waals surface area (Å²) in [5.74, 6) is 0. The molecule has 62 valence electrons. The lowest BCUT2D eigenvalue weighted by atomic mass is 10.3. The highest BCUT2D eigenvalue weighted by Gasteiger charge is 2.06. The van der Waals surface area contributed by atoms with Crippen LogP contribution in [0.1, 0.15) is 5.56 Å². The topological polar surface area (TPSA) is 38.9 Å². The molecule has 0 aliphatic carbocycles. The molecule has 0 saturated carbocycles. The highest BCUT2D eigenvalue weighted by atomic mass is 32.2. The van der Waals surface area contributed by atoms with E-state index in [1.165, 1.54) is 11.8 Å². The Bertz CT molecular complexity index is 410. The van der Waals surface area contributed by atoms with E-state index in [0.717, 1.165) is 11.1 Å². The zero-order valence-corrected chi connectivity index (χ0v) is 7.68. The molecule has 0 bridgehead atoms. The third-order valence-electron chi connectivity index (χ3n) is 1.65. The highest BCUT2D eigenvalue weighted by molar-refractivity contribution is 7.98. The van der Waals surface area contributed by atoms with Crippen molar-refractivity contribution in [1.82, 2.24) is 9.97 Å². The second-order valence-electron chi connectivity index (χ2n) is 2.47. The number of hydrogen-bond acceptors (Lipinski definition) is 4. The Morgan fingerprint density at radius 3 is 3.00 bits per heavy atom. The lowest BCUT2D eigenvalue weighted by Crippen LogP contribution is -1.77. The average Bonchev–Trinajstić information content (AvgIpc) is 2.49. The van der Waals surface area contributed by atoms with E-state index in [1.807, 2.05) is 19.2 Å². The van der Waals surface area contributed by atoms with Crippen LogP contribution in [0.3, 0.4) is 0 Å². The van der Waals surface area contributed by atoms with Gasteiger partial charge in [-0.15, -0.1) is 0 Å². The number of hydrogen-bond donors (Lipinski definition) is 0. The number of aromatic nitrogens is 2. The van der Waals surface area contributed by atoms with Gasteiger partial charge in [-0.25, -0.2) is 9.97 Å². The summed E-state index contributed by atoms with van der Waals surface area (Å²) < 4.78 is 5.34. The Labute approximate surface area is 74.2 Å². The fourth-order valence-corrected chi connectivity index (χ4v) is 1.37. The molecule has 0 aliphatic rings. The summed E-state index contributed by atoms with van der Waals surface area (Å²) in [6.45, 7) is 2.00. The molecule has 0 amide bonds. The van der Waals surface area contributed by atoms with Gasteiger partial charge in [-0.3, -0.25) is 0 Å². The first-order valence-corrected chi connectivity index (χ1v) is 4.80. The van der Waals surface area contributed by atoms with E-state index in [0.29, 0.717) is 10.9 Å². The van der Waals surface area contributed by atoms with Crippen LogP contribution in [0, 0.1) is 6.92 Å². The Kier molecular flexibility index (Phi) is 1.77. The second kappa shape index (κ2) is 2.79. The van der Waals surface area contributed by atoms with Crippen LogP contribution in [-0.2, 0) is 0 Å². The maximum Gasteiger partial charge on any atom is 0.258 e. The summed E-state index contributed by atoms with van der Waals surface area (Å²) in [6, 6.07) is 1.93. The Morgan fingerprint density at radius 2 is 2.33 bits per heavy atom. The second-order valence-corrected chi connectivity index (χ2v) is 3.22. The summed E-state index contributed by atoms with van der Waals surface area (Å²) in [5, 5.41) is 0.673. The van der Waals surface area contributed by atoms with E-state index in [1.54, 1.807) is 6.20 Å². The molecule has 2 rings (SSSR count). The fourth-order valence-electron chi connectivity index (χ4n) is 1.02. The minimum Gasteiger partial charge on any atom is -0.412 e. The number of pyridine rings is 1. The van der Waals surface area contributed by atoms with Crippen LogP contribution < -0.4 is 0 Å². The van der Waals surface area contributed by atoms with Gasteiger partial charge in [0, 0.05) is 6.20 Å². The molecule has 3 nitrogen and oxygen atoms in total. The number of thioether (sulfide) groups is 1. The molecule has 2 aromatic rings. The van der Waals surface area contributed by atoms with E-state index in [-0.39, 0.29) is 0 Å². The van der Waals surface area contributed by atoms with Crippen molar-refractivity contribution < 1.29 is 4.42 Å². The third-order valence-corrected chi connectivity index (χ3v) is 2.18. The molecule has 0 aliphatic heterocycles. The molecule has 2 heterocycles. The van der Waals surface area contributed by atoms with E-state index in [9.17, 15) is 0 Å². The molecule has 2 aromatic heterocycles. The van der Waals surface area contributed by atoms with Crippen molar-refractivity contribution in [2.24, 2.45) is 0 Å². The van der Waals surface area contributed by atoms with Crippen molar-refractivity contribution in [3.8, 4) is 0 Å². The number of aryl methyl sites for hydroxylation is 1. The molecule has 0 radical (unpaired) electrons. The number of rotatable bonds is 1. The van der Waals surface area contributed by atoms with Crippen molar-refractivity contribution in [1.29, 1.82) is 0 Å². The summed E-state index contributed by atoms with van der Waals surface area (Å²) in [6.07, 6.45) is 3.66. The van der Waals surface area contributed by atoms with Gasteiger partial charge in [-0.1, -0.05) is 11.8 Å². The summed E-state index contributed by atoms with van der Waals surface area (Å²) in [5.41, 5.74) is 2.59. The molecule has 4 heteroatoms. The molecule has 0 unspecified atom stereocenters. The SMILES string of the molecule is CSc1nc2c(C)ccnc2o1. The van der Waals surface area contributed by atoms with E-state index in [4.69, 9.17) is 4.42 Å². The van der Waals surface area contributed by atoms with Crippen LogP contribution in [0.15, 0.2) is 21.9 Å². The van der Waals surface area contributed by atoms with Crippen molar-refractivity contribution in [2.75, 3.05) is 6.26 Å². The van der Waals surface area contributed by atoms with E-state index < -0.39 is 0 Å². The molecule has 12 heavy (non-hydrogen) atoms. The predicted octanol–water partition coefficient (Wildman–Crippen LogP) is 2.25. The largest absolute Gasteiger partial charge is 0.412 e. The van der Waals surface area contributed by atoms with Gasteiger partial charge in [0.2, 0.25) is 5.71 Å². The Balaban J connectivity index is 2.74. The number of nitrogens with zero attached hydrogens (tertiary/aromatic N) is 2. The predicted molar refractivity (Wildman–Crippen MR) is 48.3 cm³/mol. The summed E-state index contributed by atoms with van der Waals surface area (Å²) in [7, 11) is 0. The molecule has 0 spiro atoms. The Morgan fingerprint density at radius 1 is 1.50 bits per heavy atom. The standard InChI is InChI=1S/C8H8N2OS/c1-5-3-4-9-7-6(5)10-8(11-7)12-2/h3-4H,1-2H3. The number of oxazole rings is 1. The van der Waals surface area contributed by atoms with Gasteiger partial charge in [0.05, 0.1) is 0 Å². The normalized spacial score (nSPS) is 10.8. The smallest absolute Gasteiger partial charge is 0.258 e. The zero-order valence-electron chi connectivity index (χ0n) is 6.87. The van der Waals surface area contributed by atoms with Gasteiger partial charge in [0.25, 0.3) is 5.22 Å². The van der Waals surface area contributed by atoms with Crippen LogP contribution in [0.25, 0.3) is 11.2 Å². The quantitative estimate of drug-likeness (QED) is 0.631. The van der Waals surface area contributed by atoms with Crippen LogP contribution in [0.5, 0.6) is 0 Å². The molecule has 0 N–H and O–H groups in total. The van der Waals surface area contributed by atoms with E-state index >= 15 is 0 Å². The first-order valence-electron chi connectivity index (χ1n) is 3.57. The van der Waals surface area contributed by atoms with Crippen LogP contribution in [0.4, 0.5) is 0 Å². The van der Waals surface area contributed by atoms with Crippen molar-refractivity contribution in [3.63, 3.8) is 0 Å². The summed E-state index contributed by atoms with van der Waals surface area (Å²) in [4.78, 5) is 8.33. The molecular formula is C8H8N2OS. The maximum atomic E-state index is 5.34.